The summed E-state index contributed by atoms with van der Waals surface area (Å²) < 4.78 is 27.3. The van der Waals surface area contributed by atoms with Gasteiger partial charge in [-0.05, 0) is 26.0 Å². The molecule has 0 amide bonds. The van der Waals surface area contributed by atoms with E-state index in [2.05, 4.69) is 4.74 Å². The molecule has 0 spiro atoms. The summed E-state index contributed by atoms with van der Waals surface area (Å²) in [4.78, 5) is 11.5. The predicted octanol–water partition coefficient (Wildman–Crippen LogP) is 2.41. The summed E-state index contributed by atoms with van der Waals surface area (Å²) in [5, 5.41) is 0. The molecule has 19 heavy (non-hydrogen) atoms. The van der Waals surface area contributed by atoms with Crippen molar-refractivity contribution in [2.45, 2.75) is 19.4 Å². The molecule has 0 heterocycles. The first-order chi connectivity index (χ1) is 9.13. The van der Waals surface area contributed by atoms with Crippen molar-refractivity contribution in [1.29, 1.82) is 0 Å². The number of rotatable bonds is 7. The number of ether oxygens (including phenoxy) is 3. The average Bonchev–Trinajstić information content (AvgIpc) is 2.46. The molecule has 0 fully saturated rings. The molecule has 1 atom stereocenters. The average molecular weight is 286 g/mol. The molecule has 0 aliphatic heterocycles. The standard InChI is InChI=1S/C13H19O5P/c1-4-17-13(19-15,18-5-2)11-8-6-7-10(9-11)12(14)16-3/h6-9H,4-5,19H2,1-3H3. The van der Waals surface area contributed by atoms with Crippen LogP contribution in [0.15, 0.2) is 24.3 Å². The molecular formula is C13H19O5P. The molecule has 1 unspecified atom stereocenters. The number of hydrogen-bond acceptors (Lipinski definition) is 5. The van der Waals surface area contributed by atoms with Crippen LogP contribution in [-0.2, 0) is 24.3 Å². The molecule has 0 bridgehead atoms. The Balaban J connectivity index is 3.22. The van der Waals surface area contributed by atoms with Gasteiger partial charge >= 0.3 is 5.97 Å². The topological polar surface area (TPSA) is 61.8 Å². The number of carbonyl (C=O) groups is 1. The zero-order valence-corrected chi connectivity index (χ0v) is 12.5. The number of methoxy groups -OCH3 is 1. The SMILES string of the molecule is CCOC(OCC)([PH2]=O)c1cccc(C(=O)OC)c1. The first-order valence-electron chi connectivity index (χ1n) is 6.06. The van der Waals surface area contributed by atoms with Crippen LogP contribution < -0.4 is 0 Å². The van der Waals surface area contributed by atoms with Crippen molar-refractivity contribution in [2.75, 3.05) is 20.3 Å². The van der Waals surface area contributed by atoms with Crippen molar-refractivity contribution in [3.63, 3.8) is 0 Å². The van der Waals surface area contributed by atoms with Gasteiger partial charge in [0.1, 0.15) is 8.46 Å². The second-order valence-electron chi connectivity index (χ2n) is 3.72. The molecule has 1 rings (SSSR count). The third-order valence-corrected chi connectivity index (χ3v) is 3.54. The maximum atomic E-state index is 11.6. The summed E-state index contributed by atoms with van der Waals surface area (Å²) in [7, 11) is -0.0574. The van der Waals surface area contributed by atoms with E-state index in [9.17, 15) is 9.36 Å². The summed E-state index contributed by atoms with van der Waals surface area (Å²) in [6, 6.07) is 6.62. The van der Waals surface area contributed by atoms with Crippen LogP contribution in [0.2, 0.25) is 0 Å². The summed E-state index contributed by atoms with van der Waals surface area (Å²) in [5.41, 5.74) is -0.339. The third-order valence-electron chi connectivity index (χ3n) is 2.56. The largest absolute Gasteiger partial charge is 0.465 e. The van der Waals surface area contributed by atoms with Crippen LogP contribution >= 0.6 is 8.46 Å². The zero-order chi connectivity index (χ0) is 14.3. The lowest BCUT2D eigenvalue weighted by atomic mass is 10.1. The molecule has 0 radical (unpaired) electrons. The minimum absolute atomic E-state index is 0.359. The Labute approximate surface area is 114 Å². The van der Waals surface area contributed by atoms with Crippen molar-refractivity contribution in [3.8, 4) is 0 Å². The van der Waals surface area contributed by atoms with Crippen molar-refractivity contribution in [3.05, 3.63) is 35.4 Å². The third kappa shape index (κ3) is 3.66. The molecule has 6 heteroatoms. The van der Waals surface area contributed by atoms with Crippen molar-refractivity contribution < 1.29 is 23.6 Å². The number of hydrogen-bond donors (Lipinski definition) is 0. The van der Waals surface area contributed by atoms with E-state index in [-0.39, 0.29) is 0 Å². The predicted molar refractivity (Wildman–Crippen MR) is 73.1 cm³/mol. The van der Waals surface area contributed by atoms with E-state index in [0.29, 0.717) is 24.3 Å². The highest BCUT2D eigenvalue weighted by atomic mass is 31.1. The fourth-order valence-electron chi connectivity index (χ4n) is 1.75. The van der Waals surface area contributed by atoms with Gasteiger partial charge in [0.15, 0.2) is 0 Å². The van der Waals surface area contributed by atoms with Gasteiger partial charge in [-0.15, -0.1) is 0 Å². The van der Waals surface area contributed by atoms with Crippen LogP contribution in [0.1, 0.15) is 29.8 Å². The van der Waals surface area contributed by atoms with E-state index in [0.717, 1.165) is 0 Å². The van der Waals surface area contributed by atoms with Crippen LogP contribution in [-0.4, -0.2) is 26.3 Å². The van der Waals surface area contributed by atoms with Gasteiger partial charge < -0.3 is 18.8 Å². The summed E-state index contributed by atoms with van der Waals surface area (Å²) in [5.74, 6) is -0.454. The Bertz CT molecular complexity index is 440. The van der Waals surface area contributed by atoms with Crippen molar-refractivity contribution in [1.82, 2.24) is 0 Å². The van der Waals surface area contributed by atoms with Gasteiger partial charge in [-0.25, -0.2) is 4.79 Å². The molecule has 1 aromatic rings. The van der Waals surface area contributed by atoms with E-state index in [4.69, 9.17) is 9.47 Å². The molecular weight excluding hydrogens is 267 g/mol. The second-order valence-corrected chi connectivity index (χ2v) is 4.72. The lowest BCUT2D eigenvalue weighted by Gasteiger charge is -2.28. The van der Waals surface area contributed by atoms with Gasteiger partial charge in [-0.1, -0.05) is 12.1 Å². The lowest BCUT2D eigenvalue weighted by molar-refractivity contribution is -0.176. The van der Waals surface area contributed by atoms with Gasteiger partial charge in [0.25, 0.3) is 0 Å². The Hall–Kier alpha value is -1.16. The van der Waals surface area contributed by atoms with E-state index in [1.165, 1.54) is 7.11 Å². The molecule has 0 aliphatic rings. The molecule has 0 saturated heterocycles. The number of esters is 1. The van der Waals surface area contributed by atoms with E-state index < -0.39 is 20.0 Å². The van der Waals surface area contributed by atoms with E-state index >= 15 is 0 Å². The minimum Gasteiger partial charge on any atom is -0.465 e. The Morgan fingerprint density at radius 3 is 2.37 bits per heavy atom. The minimum atomic E-state index is -1.37. The zero-order valence-electron chi connectivity index (χ0n) is 11.3. The first kappa shape index (κ1) is 15.9. The number of benzene rings is 1. The van der Waals surface area contributed by atoms with Gasteiger partial charge in [-0.2, -0.15) is 0 Å². The highest BCUT2D eigenvalue weighted by molar-refractivity contribution is 7.24. The Morgan fingerprint density at radius 2 is 1.89 bits per heavy atom. The van der Waals surface area contributed by atoms with E-state index in [1.54, 1.807) is 38.1 Å². The summed E-state index contributed by atoms with van der Waals surface area (Å²) in [6.45, 7) is 4.31. The summed E-state index contributed by atoms with van der Waals surface area (Å²) >= 11 is 0. The van der Waals surface area contributed by atoms with Crippen LogP contribution in [0.5, 0.6) is 0 Å². The van der Waals surface area contributed by atoms with Gasteiger partial charge in [0, 0.05) is 18.8 Å². The highest BCUT2D eigenvalue weighted by Gasteiger charge is 2.33. The summed E-state index contributed by atoms with van der Waals surface area (Å²) in [6.07, 6.45) is 0. The number of carbonyl (C=O) groups excluding carboxylic acids is 1. The maximum Gasteiger partial charge on any atom is 0.337 e. The van der Waals surface area contributed by atoms with Gasteiger partial charge in [0.2, 0.25) is 5.53 Å². The van der Waals surface area contributed by atoms with Crippen molar-refractivity contribution >= 4 is 14.4 Å². The van der Waals surface area contributed by atoms with E-state index in [1.807, 2.05) is 0 Å². The molecule has 0 saturated carbocycles. The lowest BCUT2D eigenvalue weighted by Crippen LogP contribution is -2.27. The Kier molecular flexibility index (Phi) is 6.22. The fourth-order valence-corrected chi connectivity index (χ4v) is 2.54. The molecule has 0 aromatic heterocycles. The molecule has 0 N–H and O–H groups in total. The van der Waals surface area contributed by atoms with Crippen LogP contribution in [0.4, 0.5) is 0 Å². The molecule has 5 nitrogen and oxygen atoms in total. The van der Waals surface area contributed by atoms with Crippen LogP contribution in [0, 0.1) is 0 Å². The quantitative estimate of drug-likeness (QED) is 0.437. The van der Waals surface area contributed by atoms with Crippen LogP contribution in [0.25, 0.3) is 0 Å². The molecule has 0 aliphatic carbocycles. The highest BCUT2D eigenvalue weighted by Crippen LogP contribution is 2.38. The fraction of sp³-hybridized carbons (Fsp3) is 0.462. The smallest absolute Gasteiger partial charge is 0.337 e. The van der Waals surface area contributed by atoms with Gasteiger partial charge in [-0.3, -0.25) is 0 Å². The van der Waals surface area contributed by atoms with Gasteiger partial charge in [0.05, 0.1) is 12.7 Å². The molecule has 106 valence electrons. The molecule has 1 aromatic carbocycles. The van der Waals surface area contributed by atoms with Crippen LogP contribution in [0.3, 0.4) is 0 Å². The second kappa shape index (κ2) is 7.43. The maximum absolute atomic E-state index is 11.6. The Morgan fingerprint density at radius 1 is 1.26 bits per heavy atom. The normalized spacial score (nSPS) is 11.9. The monoisotopic (exact) mass is 286 g/mol. The first-order valence-corrected chi connectivity index (χ1v) is 7.11. The van der Waals surface area contributed by atoms with Crippen molar-refractivity contribution in [2.24, 2.45) is 0 Å².